The number of hydrogen-bond donors (Lipinski definition) is 0. The standard InChI is InChI=1S/C24H22O2/c1-4-11-20(12-5-1)24(21-13-6-2-7-14-21,22-15-8-3-9-16-22)26-23-17-10-18-25-19-23/h1-17,23H,18-19H2. The predicted molar refractivity (Wildman–Crippen MR) is 104 cm³/mol. The van der Waals surface area contributed by atoms with Crippen LogP contribution < -0.4 is 0 Å². The van der Waals surface area contributed by atoms with Gasteiger partial charge in [0, 0.05) is 0 Å². The van der Waals surface area contributed by atoms with Crippen molar-refractivity contribution in [3.05, 3.63) is 120 Å². The van der Waals surface area contributed by atoms with Gasteiger partial charge in [-0.1, -0.05) is 103 Å². The highest BCUT2D eigenvalue weighted by Crippen LogP contribution is 2.41. The zero-order valence-electron chi connectivity index (χ0n) is 14.6. The van der Waals surface area contributed by atoms with Gasteiger partial charge in [-0.05, 0) is 16.7 Å². The first-order chi connectivity index (χ1) is 12.9. The molecule has 0 N–H and O–H groups in total. The molecule has 1 unspecified atom stereocenters. The molecule has 1 heterocycles. The van der Waals surface area contributed by atoms with Crippen molar-refractivity contribution in [1.29, 1.82) is 0 Å². The molecule has 0 aliphatic carbocycles. The molecule has 3 aromatic carbocycles. The summed E-state index contributed by atoms with van der Waals surface area (Å²) in [6.07, 6.45) is 4.02. The van der Waals surface area contributed by atoms with Crippen LogP contribution in [0.3, 0.4) is 0 Å². The summed E-state index contributed by atoms with van der Waals surface area (Å²) in [7, 11) is 0. The Morgan fingerprint density at radius 3 is 1.54 bits per heavy atom. The van der Waals surface area contributed by atoms with Gasteiger partial charge in [0.25, 0.3) is 0 Å². The molecule has 0 bridgehead atoms. The van der Waals surface area contributed by atoms with Crippen LogP contribution in [0.1, 0.15) is 16.7 Å². The first kappa shape index (κ1) is 16.8. The van der Waals surface area contributed by atoms with Crippen molar-refractivity contribution in [3.63, 3.8) is 0 Å². The first-order valence-electron chi connectivity index (χ1n) is 8.98. The summed E-state index contributed by atoms with van der Waals surface area (Å²) in [5.74, 6) is 0. The van der Waals surface area contributed by atoms with E-state index in [0.29, 0.717) is 13.2 Å². The van der Waals surface area contributed by atoms with Crippen LogP contribution in [-0.4, -0.2) is 19.3 Å². The third-order valence-corrected chi connectivity index (χ3v) is 4.72. The molecule has 1 aliphatic heterocycles. The lowest BCUT2D eigenvalue weighted by atomic mass is 9.80. The molecule has 0 saturated carbocycles. The summed E-state index contributed by atoms with van der Waals surface area (Å²) in [6.45, 7) is 1.21. The van der Waals surface area contributed by atoms with Crippen LogP contribution in [0.4, 0.5) is 0 Å². The predicted octanol–water partition coefficient (Wildman–Crippen LogP) is 4.95. The summed E-state index contributed by atoms with van der Waals surface area (Å²) in [5.41, 5.74) is 2.63. The van der Waals surface area contributed by atoms with Gasteiger partial charge in [-0.25, -0.2) is 0 Å². The second-order valence-corrected chi connectivity index (χ2v) is 6.40. The van der Waals surface area contributed by atoms with E-state index in [1.54, 1.807) is 0 Å². The zero-order valence-corrected chi connectivity index (χ0v) is 14.6. The van der Waals surface area contributed by atoms with Crippen LogP contribution >= 0.6 is 0 Å². The van der Waals surface area contributed by atoms with E-state index in [1.165, 1.54) is 0 Å². The fourth-order valence-electron chi connectivity index (χ4n) is 3.54. The highest BCUT2D eigenvalue weighted by molar-refractivity contribution is 5.47. The normalized spacial score (nSPS) is 17.2. The van der Waals surface area contributed by atoms with E-state index in [0.717, 1.165) is 16.7 Å². The lowest BCUT2D eigenvalue weighted by Gasteiger charge is -2.38. The van der Waals surface area contributed by atoms with Gasteiger partial charge in [-0.15, -0.1) is 0 Å². The quantitative estimate of drug-likeness (QED) is 0.482. The molecule has 2 nitrogen and oxygen atoms in total. The zero-order chi connectivity index (χ0) is 17.7. The van der Waals surface area contributed by atoms with Gasteiger partial charge in [0.1, 0.15) is 11.7 Å². The van der Waals surface area contributed by atoms with E-state index in [-0.39, 0.29) is 6.10 Å². The van der Waals surface area contributed by atoms with Crippen molar-refractivity contribution in [2.24, 2.45) is 0 Å². The van der Waals surface area contributed by atoms with Crippen LogP contribution in [0.15, 0.2) is 103 Å². The number of hydrogen-bond acceptors (Lipinski definition) is 2. The number of rotatable bonds is 5. The Labute approximate surface area is 154 Å². The van der Waals surface area contributed by atoms with Crippen LogP contribution in [0.5, 0.6) is 0 Å². The Kier molecular flexibility index (Phi) is 4.96. The summed E-state index contributed by atoms with van der Waals surface area (Å²) in [4.78, 5) is 0. The van der Waals surface area contributed by atoms with Crippen molar-refractivity contribution in [3.8, 4) is 0 Å². The van der Waals surface area contributed by atoms with Crippen LogP contribution in [0.25, 0.3) is 0 Å². The van der Waals surface area contributed by atoms with E-state index in [2.05, 4.69) is 78.9 Å². The lowest BCUT2D eigenvalue weighted by molar-refractivity contribution is -0.0638. The maximum absolute atomic E-state index is 6.83. The second-order valence-electron chi connectivity index (χ2n) is 6.40. The van der Waals surface area contributed by atoms with Crippen LogP contribution in [0.2, 0.25) is 0 Å². The second kappa shape index (κ2) is 7.69. The van der Waals surface area contributed by atoms with E-state index < -0.39 is 5.60 Å². The van der Waals surface area contributed by atoms with E-state index in [4.69, 9.17) is 9.47 Å². The minimum absolute atomic E-state index is 0.107. The fourth-order valence-corrected chi connectivity index (χ4v) is 3.54. The fraction of sp³-hybridized carbons (Fsp3) is 0.167. The minimum Gasteiger partial charge on any atom is -0.374 e. The molecule has 0 fully saturated rings. The lowest BCUT2D eigenvalue weighted by Crippen LogP contribution is -2.38. The maximum atomic E-state index is 6.83. The maximum Gasteiger partial charge on any atom is 0.144 e. The van der Waals surface area contributed by atoms with Crippen molar-refractivity contribution >= 4 is 0 Å². The van der Waals surface area contributed by atoms with Crippen molar-refractivity contribution in [2.45, 2.75) is 11.7 Å². The molecule has 0 spiro atoms. The number of ether oxygens (including phenoxy) is 2. The molecule has 3 aromatic rings. The Bertz CT molecular complexity index is 744. The Morgan fingerprint density at radius 1 is 0.692 bits per heavy atom. The molecule has 130 valence electrons. The largest absolute Gasteiger partial charge is 0.374 e. The Morgan fingerprint density at radius 2 is 1.15 bits per heavy atom. The van der Waals surface area contributed by atoms with Gasteiger partial charge in [-0.2, -0.15) is 0 Å². The average Bonchev–Trinajstić information content (AvgIpc) is 2.75. The Hall–Kier alpha value is -2.68. The number of benzene rings is 3. The van der Waals surface area contributed by atoms with Gasteiger partial charge in [0.15, 0.2) is 0 Å². The molecule has 0 aromatic heterocycles. The molecule has 1 aliphatic rings. The smallest absolute Gasteiger partial charge is 0.144 e. The first-order valence-corrected chi connectivity index (χ1v) is 8.98. The third kappa shape index (κ3) is 3.22. The topological polar surface area (TPSA) is 18.5 Å². The van der Waals surface area contributed by atoms with Gasteiger partial charge >= 0.3 is 0 Å². The minimum atomic E-state index is -0.695. The highest BCUT2D eigenvalue weighted by Gasteiger charge is 2.39. The van der Waals surface area contributed by atoms with Gasteiger partial charge in [-0.3, -0.25) is 0 Å². The monoisotopic (exact) mass is 342 g/mol. The summed E-state index contributed by atoms with van der Waals surface area (Å²) in [5, 5.41) is 0. The van der Waals surface area contributed by atoms with Crippen LogP contribution in [0, 0.1) is 0 Å². The molecular formula is C24H22O2. The average molecular weight is 342 g/mol. The van der Waals surface area contributed by atoms with Crippen molar-refractivity contribution in [1.82, 2.24) is 0 Å². The molecule has 2 heteroatoms. The van der Waals surface area contributed by atoms with Crippen molar-refractivity contribution < 1.29 is 9.47 Å². The summed E-state index contributed by atoms with van der Waals surface area (Å²) >= 11 is 0. The van der Waals surface area contributed by atoms with E-state index >= 15 is 0 Å². The molecule has 0 radical (unpaired) electrons. The molecule has 0 amide bonds. The Balaban J connectivity index is 1.93. The molecule has 4 rings (SSSR count). The van der Waals surface area contributed by atoms with Gasteiger partial charge in [0.2, 0.25) is 0 Å². The summed E-state index contributed by atoms with van der Waals surface area (Å²) < 4.78 is 12.4. The molecular weight excluding hydrogens is 320 g/mol. The highest BCUT2D eigenvalue weighted by atomic mass is 16.5. The third-order valence-electron chi connectivity index (χ3n) is 4.72. The van der Waals surface area contributed by atoms with Gasteiger partial charge in [0.05, 0.1) is 13.2 Å². The molecule has 26 heavy (non-hydrogen) atoms. The van der Waals surface area contributed by atoms with E-state index in [1.807, 2.05) is 24.3 Å². The van der Waals surface area contributed by atoms with Crippen molar-refractivity contribution in [2.75, 3.05) is 13.2 Å². The van der Waals surface area contributed by atoms with E-state index in [9.17, 15) is 0 Å². The summed E-state index contributed by atoms with van der Waals surface area (Å²) in [6, 6.07) is 31.3. The molecule has 1 atom stereocenters. The van der Waals surface area contributed by atoms with Gasteiger partial charge < -0.3 is 9.47 Å². The molecule has 0 saturated heterocycles. The van der Waals surface area contributed by atoms with Crippen LogP contribution in [-0.2, 0) is 15.1 Å². The SMILES string of the molecule is C1=CC(OC(c2ccccc2)(c2ccccc2)c2ccccc2)COC1.